The van der Waals surface area contributed by atoms with Crippen molar-refractivity contribution >= 4 is 33.1 Å². The smallest absolute Gasteiger partial charge is 0.358 e. The molecule has 0 aliphatic carbocycles. The molecule has 0 aliphatic heterocycles. The highest BCUT2D eigenvalue weighted by Gasteiger charge is 2.10. The number of aromatic carboxylic acids is 1. The van der Waals surface area contributed by atoms with Crippen molar-refractivity contribution in [3.63, 3.8) is 0 Å². The Hall–Kier alpha value is -2.34. The van der Waals surface area contributed by atoms with E-state index in [0.717, 1.165) is 5.69 Å². The molecule has 0 spiro atoms. The van der Waals surface area contributed by atoms with Crippen molar-refractivity contribution in [1.29, 1.82) is 0 Å². The molecular formula is C13H10N2O3S. The molecule has 2 heterocycles. The number of aromatic nitrogens is 1. The number of carboxylic acids is 1. The van der Waals surface area contributed by atoms with Crippen LogP contribution in [0.3, 0.4) is 0 Å². The number of carbonyl (C=O) groups is 1. The summed E-state index contributed by atoms with van der Waals surface area (Å²) in [7, 11) is 0. The van der Waals surface area contributed by atoms with Gasteiger partial charge >= 0.3 is 5.97 Å². The lowest BCUT2D eigenvalue weighted by Crippen LogP contribution is -1.98. The maximum atomic E-state index is 10.7. The van der Waals surface area contributed by atoms with E-state index in [1.165, 1.54) is 16.2 Å². The highest BCUT2D eigenvalue weighted by atomic mass is 32.1. The molecule has 0 amide bonds. The summed E-state index contributed by atoms with van der Waals surface area (Å²) in [5.74, 6) is -0.600. The van der Waals surface area contributed by atoms with Crippen molar-refractivity contribution in [2.75, 3.05) is 5.32 Å². The SMILES string of the molecule is O=C(O)c1cc(CNc2ccc3sccc3c2)on1. The zero-order valence-electron chi connectivity index (χ0n) is 9.79. The second kappa shape index (κ2) is 4.74. The van der Waals surface area contributed by atoms with Crippen molar-refractivity contribution in [2.45, 2.75) is 6.54 Å². The summed E-state index contributed by atoms with van der Waals surface area (Å²) in [5, 5.41) is 18.6. The van der Waals surface area contributed by atoms with Crippen LogP contribution in [0.4, 0.5) is 5.69 Å². The average molecular weight is 274 g/mol. The fourth-order valence-corrected chi connectivity index (χ4v) is 2.53. The van der Waals surface area contributed by atoms with Gasteiger partial charge in [-0.1, -0.05) is 5.16 Å². The third kappa shape index (κ3) is 2.43. The van der Waals surface area contributed by atoms with Gasteiger partial charge in [-0.25, -0.2) is 4.79 Å². The number of carboxylic acid groups (broad SMARTS) is 1. The van der Waals surface area contributed by atoms with Gasteiger partial charge in [0, 0.05) is 16.5 Å². The molecule has 3 aromatic rings. The minimum absolute atomic E-state index is 0.0786. The van der Waals surface area contributed by atoms with Gasteiger partial charge in [-0.3, -0.25) is 0 Å². The fourth-order valence-electron chi connectivity index (χ4n) is 1.76. The van der Waals surface area contributed by atoms with Crippen LogP contribution in [-0.2, 0) is 6.54 Å². The predicted octanol–water partition coefficient (Wildman–Crippen LogP) is 3.20. The van der Waals surface area contributed by atoms with Gasteiger partial charge in [-0.05, 0) is 35.0 Å². The number of hydrogen-bond donors (Lipinski definition) is 2. The lowest BCUT2D eigenvalue weighted by molar-refractivity contribution is 0.0685. The second-order valence-electron chi connectivity index (χ2n) is 4.01. The quantitative estimate of drug-likeness (QED) is 0.764. The highest BCUT2D eigenvalue weighted by Crippen LogP contribution is 2.24. The number of nitrogens with one attached hydrogen (secondary N) is 1. The van der Waals surface area contributed by atoms with E-state index in [-0.39, 0.29) is 5.69 Å². The summed E-state index contributed by atoms with van der Waals surface area (Å²) in [5.41, 5.74) is 0.879. The van der Waals surface area contributed by atoms with Gasteiger partial charge in [-0.2, -0.15) is 0 Å². The third-order valence-electron chi connectivity index (χ3n) is 2.70. The van der Waals surface area contributed by atoms with Crippen LogP contribution in [0.25, 0.3) is 10.1 Å². The summed E-state index contributed by atoms with van der Waals surface area (Å²) in [6, 6.07) is 9.54. The van der Waals surface area contributed by atoms with E-state index in [1.54, 1.807) is 11.3 Å². The number of fused-ring (bicyclic) bond motifs is 1. The first-order valence-corrected chi connectivity index (χ1v) is 6.50. The third-order valence-corrected chi connectivity index (χ3v) is 3.60. The summed E-state index contributed by atoms with van der Waals surface area (Å²) in [4.78, 5) is 10.7. The highest BCUT2D eigenvalue weighted by molar-refractivity contribution is 7.17. The number of thiophene rings is 1. The summed E-state index contributed by atoms with van der Waals surface area (Å²) in [6.07, 6.45) is 0. The molecule has 2 N–H and O–H groups in total. The van der Waals surface area contributed by atoms with E-state index >= 15 is 0 Å². The van der Waals surface area contributed by atoms with Crippen LogP contribution >= 0.6 is 11.3 Å². The van der Waals surface area contributed by atoms with Crippen LogP contribution < -0.4 is 5.32 Å². The largest absolute Gasteiger partial charge is 0.476 e. The molecule has 2 aromatic heterocycles. The number of benzene rings is 1. The number of nitrogens with zero attached hydrogens (tertiary/aromatic N) is 1. The standard InChI is InChI=1S/C13H10N2O3S/c16-13(17)11-6-10(18-15-11)7-14-9-1-2-12-8(5-9)3-4-19-12/h1-6,14H,7H2,(H,16,17). The Kier molecular flexibility index (Phi) is 2.92. The Morgan fingerprint density at radius 3 is 3.05 bits per heavy atom. The normalized spacial score (nSPS) is 10.7. The Balaban J connectivity index is 1.72. The Labute approximate surface area is 112 Å². The van der Waals surface area contributed by atoms with Crippen LogP contribution in [0.2, 0.25) is 0 Å². The molecule has 19 heavy (non-hydrogen) atoms. The zero-order chi connectivity index (χ0) is 13.2. The van der Waals surface area contributed by atoms with E-state index in [2.05, 4.69) is 16.5 Å². The van der Waals surface area contributed by atoms with Gasteiger partial charge in [0.2, 0.25) is 0 Å². The van der Waals surface area contributed by atoms with Gasteiger partial charge in [-0.15, -0.1) is 11.3 Å². The molecule has 5 nitrogen and oxygen atoms in total. The van der Waals surface area contributed by atoms with E-state index < -0.39 is 5.97 Å². The van der Waals surface area contributed by atoms with Gasteiger partial charge < -0.3 is 14.9 Å². The molecular weight excluding hydrogens is 264 g/mol. The lowest BCUT2D eigenvalue weighted by atomic mass is 10.2. The maximum Gasteiger partial charge on any atom is 0.358 e. The molecule has 0 atom stereocenters. The zero-order valence-corrected chi connectivity index (χ0v) is 10.6. The summed E-state index contributed by atoms with van der Waals surface area (Å²) >= 11 is 1.70. The van der Waals surface area contributed by atoms with Crippen molar-refractivity contribution < 1.29 is 14.4 Å². The van der Waals surface area contributed by atoms with Gasteiger partial charge in [0.15, 0.2) is 11.5 Å². The number of anilines is 1. The van der Waals surface area contributed by atoms with E-state index in [1.807, 2.05) is 23.6 Å². The van der Waals surface area contributed by atoms with E-state index in [0.29, 0.717) is 12.3 Å². The van der Waals surface area contributed by atoms with Gasteiger partial charge in [0.1, 0.15) is 0 Å². The van der Waals surface area contributed by atoms with Gasteiger partial charge in [0.25, 0.3) is 0 Å². The Bertz CT molecular complexity index is 732. The molecule has 0 saturated carbocycles. The van der Waals surface area contributed by atoms with Crippen LogP contribution in [0.5, 0.6) is 0 Å². The minimum Gasteiger partial charge on any atom is -0.476 e. The molecule has 0 unspecified atom stereocenters. The molecule has 1 aromatic carbocycles. The first-order chi connectivity index (χ1) is 9.22. The van der Waals surface area contributed by atoms with Crippen LogP contribution in [0.15, 0.2) is 40.2 Å². The summed E-state index contributed by atoms with van der Waals surface area (Å²) in [6.45, 7) is 0.399. The topological polar surface area (TPSA) is 75.4 Å². The Morgan fingerprint density at radius 2 is 2.26 bits per heavy atom. The minimum atomic E-state index is -1.09. The van der Waals surface area contributed by atoms with Crippen LogP contribution in [-0.4, -0.2) is 16.2 Å². The molecule has 0 radical (unpaired) electrons. The monoisotopic (exact) mass is 274 g/mol. The van der Waals surface area contributed by atoms with Crippen molar-refractivity contribution in [3.8, 4) is 0 Å². The lowest BCUT2D eigenvalue weighted by Gasteiger charge is -2.03. The molecule has 0 saturated heterocycles. The van der Waals surface area contributed by atoms with Crippen molar-refractivity contribution in [2.24, 2.45) is 0 Å². The average Bonchev–Trinajstić information content (AvgIpc) is 3.04. The predicted molar refractivity (Wildman–Crippen MR) is 72.6 cm³/mol. The fraction of sp³-hybridized carbons (Fsp3) is 0.0769. The molecule has 96 valence electrons. The van der Waals surface area contributed by atoms with Gasteiger partial charge in [0.05, 0.1) is 6.54 Å². The molecule has 0 bridgehead atoms. The molecule has 0 aliphatic rings. The van der Waals surface area contributed by atoms with E-state index in [4.69, 9.17) is 9.63 Å². The first kappa shape index (κ1) is 11.7. The molecule has 0 fully saturated rings. The van der Waals surface area contributed by atoms with Crippen molar-refractivity contribution in [1.82, 2.24) is 5.16 Å². The van der Waals surface area contributed by atoms with Crippen LogP contribution in [0, 0.1) is 0 Å². The van der Waals surface area contributed by atoms with Crippen LogP contribution in [0.1, 0.15) is 16.2 Å². The van der Waals surface area contributed by atoms with E-state index in [9.17, 15) is 4.79 Å². The van der Waals surface area contributed by atoms with Crippen molar-refractivity contribution in [3.05, 3.63) is 47.2 Å². The number of hydrogen-bond acceptors (Lipinski definition) is 5. The molecule has 3 rings (SSSR count). The maximum absolute atomic E-state index is 10.7. The number of rotatable bonds is 4. The second-order valence-corrected chi connectivity index (χ2v) is 4.96. The Morgan fingerprint density at radius 1 is 1.37 bits per heavy atom. The molecule has 6 heteroatoms. The first-order valence-electron chi connectivity index (χ1n) is 5.62. The summed E-state index contributed by atoms with van der Waals surface area (Å²) < 4.78 is 6.16.